The van der Waals surface area contributed by atoms with Gasteiger partial charge < -0.3 is 19.7 Å². The van der Waals surface area contributed by atoms with Crippen molar-refractivity contribution < 1.29 is 52.4 Å². The quantitative estimate of drug-likeness (QED) is 0.330. The average molecular weight is 542 g/mol. The fraction of sp³-hybridized carbons (Fsp3) is 0.571. The fourth-order valence-corrected chi connectivity index (χ4v) is 2.62. The number of ether oxygens (including phenoxy) is 2. The van der Waals surface area contributed by atoms with E-state index in [1.54, 1.807) is 13.8 Å². The second-order valence-corrected chi connectivity index (χ2v) is 7.19. The van der Waals surface area contributed by atoms with E-state index in [9.17, 15) is 0 Å². The Balaban J connectivity index is -0.000000138. The van der Waals surface area contributed by atoms with Gasteiger partial charge in [-0.25, -0.2) is 0 Å². The number of aliphatic hydroxyl groups is 2. The molecular formula is C28H52O4Y. The van der Waals surface area contributed by atoms with Gasteiger partial charge in [-0.2, -0.15) is 0 Å². The van der Waals surface area contributed by atoms with Crippen LogP contribution < -0.4 is 9.47 Å². The Kier molecular flexibility index (Phi) is 29.2. The van der Waals surface area contributed by atoms with Crippen molar-refractivity contribution in [2.24, 2.45) is 0 Å². The Hall–Kier alpha value is -0.936. The van der Waals surface area contributed by atoms with Crippen molar-refractivity contribution in [2.75, 3.05) is 0 Å². The van der Waals surface area contributed by atoms with Gasteiger partial charge >= 0.3 is 0 Å². The van der Waals surface area contributed by atoms with Crippen molar-refractivity contribution in [1.82, 2.24) is 0 Å². The molecule has 4 nitrogen and oxygen atoms in total. The molecule has 0 aromatic heterocycles. The van der Waals surface area contributed by atoms with Crippen LogP contribution in [0.25, 0.3) is 0 Å². The summed E-state index contributed by atoms with van der Waals surface area (Å²) in [6, 6.07) is 15.8. The van der Waals surface area contributed by atoms with Crippen LogP contribution in [0.4, 0.5) is 0 Å². The van der Waals surface area contributed by atoms with Gasteiger partial charge in [0.2, 0.25) is 0 Å². The zero-order valence-electron chi connectivity index (χ0n) is 18.6. The van der Waals surface area contributed by atoms with Crippen molar-refractivity contribution in [2.45, 2.75) is 109 Å². The van der Waals surface area contributed by atoms with Crippen molar-refractivity contribution in [3.63, 3.8) is 0 Å². The molecule has 5 heteroatoms. The third-order valence-electron chi connectivity index (χ3n) is 4.74. The molecule has 0 spiro atoms. The number of hydrogen-bond donors (Lipinski definition) is 2. The number of rotatable bonds is 8. The predicted octanol–water partition coefficient (Wildman–Crippen LogP) is 8.38. The Morgan fingerprint density at radius 2 is 0.818 bits per heavy atom. The van der Waals surface area contributed by atoms with E-state index in [1.165, 1.54) is 11.1 Å². The van der Waals surface area contributed by atoms with E-state index in [-0.39, 0.29) is 62.4 Å². The zero-order valence-corrected chi connectivity index (χ0v) is 21.5. The molecule has 0 heterocycles. The molecule has 1 radical (unpaired) electrons. The molecule has 191 valence electrons. The van der Waals surface area contributed by atoms with Gasteiger partial charge in [0, 0.05) is 32.7 Å². The van der Waals surface area contributed by atoms with Crippen molar-refractivity contribution in [3.8, 4) is 11.5 Å². The minimum atomic E-state index is -0.746. The number of aliphatic hydroxyl groups excluding tert-OH is 2. The second-order valence-electron chi connectivity index (χ2n) is 7.19. The number of benzene rings is 2. The van der Waals surface area contributed by atoms with E-state index in [0.29, 0.717) is 23.3 Å². The predicted molar refractivity (Wildman–Crippen MR) is 142 cm³/mol. The molecule has 2 rings (SSSR count). The Morgan fingerprint density at radius 3 is 1.00 bits per heavy atom. The normalized spacial score (nSPS) is 12.6. The van der Waals surface area contributed by atoms with Crippen LogP contribution in [-0.4, -0.2) is 22.8 Å². The smallest absolute Gasteiger partial charge is 0.194 e. The summed E-state index contributed by atoms with van der Waals surface area (Å²) in [5, 5.41) is 18.0. The second kappa shape index (κ2) is 22.8. The first-order valence-corrected chi connectivity index (χ1v) is 10.2. The zero-order chi connectivity index (χ0) is 21.1. The monoisotopic (exact) mass is 541 g/mol. The van der Waals surface area contributed by atoms with E-state index in [2.05, 4.69) is 27.7 Å². The van der Waals surface area contributed by atoms with Crippen molar-refractivity contribution in [3.05, 3.63) is 59.7 Å². The third-order valence-corrected chi connectivity index (χ3v) is 4.74. The van der Waals surface area contributed by atoms with Gasteiger partial charge in [-0.15, -0.1) is 0 Å². The summed E-state index contributed by atoms with van der Waals surface area (Å²) in [6.07, 6.45) is 0.779. The molecule has 0 saturated carbocycles. The van der Waals surface area contributed by atoms with Crippen molar-refractivity contribution in [1.29, 1.82) is 0 Å². The summed E-state index contributed by atoms with van der Waals surface area (Å²) in [6.45, 7) is 11.9. The minimum Gasteiger partial charge on any atom is -0.465 e. The van der Waals surface area contributed by atoms with Gasteiger partial charge in [-0.3, -0.25) is 0 Å². The maximum atomic E-state index is 9.01. The SMILES string of the molecule is C.C.C.C.CCC(C)c1ccc(OC(C)O)cc1.CCC(C)c1ccc(OC(C)O)cc1.[Y]. The van der Waals surface area contributed by atoms with Gasteiger partial charge in [0.15, 0.2) is 12.6 Å². The summed E-state index contributed by atoms with van der Waals surface area (Å²) >= 11 is 0. The van der Waals surface area contributed by atoms with Crippen LogP contribution in [0.15, 0.2) is 48.5 Å². The molecule has 0 aliphatic carbocycles. The molecule has 0 saturated heterocycles. The maximum absolute atomic E-state index is 9.01. The molecule has 0 aliphatic rings. The molecular weight excluding hydrogens is 489 g/mol. The van der Waals surface area contributed by atoms with Gasteiger partial charge in [-0.05, 0) is 73.9 Å². The van der Waals surface area contributed by atoms with Crippen LogP contribution in [0.3, 0.4) is 0 Å². The fourth-order valence-electron chi connectivity index (χ4n) is 2.62. The van der Waals surface area contributed by atoms with E-state index in [1.807, 2.05) is 48.5 Å². The van der Waals surface area contributed by atoms with Gasteiger partial charge in [0.25, 0.3) is 0 Å². The minimum absolute atomic E-state index is 0. The first-order valence-electron chi connectivity index (χ1n) is 10.2. The van der Waals surface area contributed by atoms with E-state index >= 15 is 0 Å². The number of hydrogen-bond acceptors (Lipinski definition) is 4. The van der Waals surface area contributed by atoms with Gasteiger partial charge in [0.05, 0.1) is 0 Å². The molecule has 2 aromatic rings. The Bertz CT molecular complexity index is 595. The van der Waals surface area contributed by atoms with Crippen LogP contribution in [-0.2, 0) is 32.7 Å². The first-order chi connectivity index (χ1) is 13.3. The van der Waals surface area contributed by atoms with Crippen molar-refractivity contribution >= 4 is 0 Å². The van der Waals surface area contributed by atoms with Gasteiger partial charge in [-0.1, -0.05) is 81.7 Å². The summed E-state index contributed by atoms with van der Waals surface area (Å²) in [5.74, 6) is 2.59. The molecule has 4 unspecified atom stereocenters. The standard InChI is InChI=1S/2C12H18O2.4CH4.Y/c2*1-4-9(2)11-5-7-12(8-6-11)14-10(3)13;;;;;/h2*5-10,13H,4H2,1-3H3;4*1H4;. The summed E-state index contributed by atoms with van der Waals surface area (Å²) in [5.41, 5.74) is 2.62. The van der Waals surface area contributed by atoms with Crippen LogP contribution in [0.2, 0.25) is 0 Å². The topological polar surface area (TPSA) is 58.9 Å². The molecule has 2 aromatic carbocycles. The Labute approximate surface area is 231 Å². The first kappa shape index (κ1) is 42.2. The average Bonchev–Trinajstić information content (AvgIpc) is 2.67. The maximum Gasteiger partial charge on any atom is 0.194 e. The van der Waals surface area contributed by atoms with Crippen LogP contribution in [0.1, 0.15) is 107 Å². The van der Waals surface area contributed by atoms with E-state index < -0.39 is 12.6 Å². The largest absolute Gasteiger partial charge is 0.465 e. The van der Waals surface area contributed by atoms with E-state index in [4.69, 9.17) is 19.7 Å². The molecule has 0 fully saturated rings. The third kappa shape index (κ3) is 17.2. The molecule has 0 amide bonds. The molecule has 0 bridgehead atoms. The Morgan fingerprint density at radius 1 is 0.576 bits per heavy atom. The summed E-state index contributed by atoms with van der Waals surface area (Å²) < 4.78 is 10.3. The van der Waals surface area contributed by atoms with Crippen LogP contribution in [0, 0.1) is 0 Å². The molecule has 2 N–H and O–H groups in total. The summed E-state index contributed by atoms with van der Waals surface area (Å²) in [7, 11) is 0. The molecule has 0 aliphatic heterocycles. The summed E-state index contributed by atoms with van der Waals surface area (Å²) in [4.78, 5) is 0. The van der Waals surface area contributed by atoms with Gasteiger partial charge in [0.1, 0.15) is 11.5 Å². The van der Waals surface area contributed by atoms with Crippen LogP contribution in [0.5, 0.6) is 11.5 Å². The molecule has 33 heavy (non-hydrogen) atoms. The van der Waals surface area contributed by atoms with E-state index in [0.717, 1.165) is 12.8 Å². The van der Waals surface area contributed by atoms with Crippen LogP contribution >= 0.6 is 0 Å². The molecule has 4 atom stereocenters.